The molecule has 0 aliphatic carbocycles. The molecule has 0 rings (SSSR count). The van der Waals surface area contributed by atoms with E-state index in [2.05, 4.69) is 39.6 Å². The zero-order valence-electron chi connectivity index (χ0n) is 10.5. The zero-order chi connectivity index (χ0) is 11.2. The van der Waals surface area contributed by atoms with Gasteiger partial charge in [0.05, 0.1) is 0 Å². The first-order chi connectivity index (χ1) is 6.43. The molecule has 0 aromatic carbocycles. The highest BCUT2D eigenvalue weighted by Gasteiger charge is 2.24. The van der Waals surface area contributed by atoms with E-state index in [0.717, 1.165) is 25.9 Å². The monoisotopic (exact) mass is 201 g/mol. The molecule has 2 heteroatoms. The molecule has 0 heterocycles. The molecule has 1 unspecified atom stereocenters. The Balaban J connectivity index is 4.02. The lowest BCUT2D eigenvalue weighted by Gasteiger charge is -2.32. The number of rotatable bonds is 7. The Labute approximate surface area is 89.3 Å². The van der Waals surface area contributed by atoms with Gasteiger partial charge in [-0.1, -0.05) is 34.1 Å². The van der Waals surface area contributed by atoms with Gasteiger partial charge in [0.2, 0.25) is 0 Å². The number of hydrogen-bond acceptors (Lipinski definition) is 2. The van der Waals surface area contributed by atoms with Gasteiger partial charge in [0.25, 0.3) is 0 Å². The molecule has 0 aromatic rings. The molecule has 0 radical (unpaired) electrons. The SMILES string of the molecule is CCCC(C)(CO)CN(C)CC(C)C. The first-order valence-electron chi connectivity index (χ1n) is 5.73. The summed E-state index contributed by atoms with van der Waals surface area (Å²) < 4.78 is 0. The summed E-state index contributed by atoms with van der Waals surface area (Å²) in [6, 6.07) is 0. The van der Waals surface area contributed by atoms with Crippen molar-refractivity contribution in [3.05, 3.63) is 0 Å². The second-order valence-electron chi connectivity index (χ2n) is 5.31. The molecular formula is C12H27NO. The van der Waals surface area contributed by atoms with Gasteiger partial charge in [-0.15, -0.1) is 0 Å². The minimum Gasteiger partial charge on any atom is -0.396 e. The fourth-order valence-corrected chi connectivity index (χ4v) is 2.15. The normalized spacial score (nSPS) is 16.3. The van der Waals surface area contributed by atoms with Crippen molar-refractivity contribution in [2.75, 3.05) is 26.7 Å². The average Bonchev–Trinajstić information content (AvgIpc) is 2.02. The third kappa shape index (κ3) is 5.61. The molecule has 0 amide bonds. The van der Waals surface area contributed by atoms with Crippen LogP contribution < -0.4 is 0 Å². The van der Waals surface area contributed by atoms with Gasteiger partial charge in [0.1, 0.15) is 0 Å². The van der Waals surface area contributed by atoms with Crippen molar-refractivity contribution in [1.29, 1.82) is 0 Å². The Bertz CT molecular complexity index is 147. The van der Waals surface area contributed by atoms with Crippen LogP contribution in [0.2, 0.25) is 0 Å². The van der Waals surface area contributed by atoms with E-state index in [1.807, 2.05) is 0 Å². The molecule has 0 spiro atoms. The third-order valence-electron chi connectivity index (χ3n) is 2.56. The van der Waals surface area contributed by atoms with Crippen molar-refractivity contribution >= 4 is 0 Å². The minimum absolute atomic E-state index is 0.0817. The first-order valence-corrected chi connectivity index (χ1v) is 5.73. The molecule has 0 saturated carbocycles. The lowest BCUT2D eigenvalue weighted by atomic mass is 9.86. The summed E-state index contributed by atoms with van der Waals surface area (Å²) in [6.45, 7) is 11.2. The standard InChI is InChI=1S/C12H27NO/c1-6-7-12(4,10-14)9-13(5)8-11(2)3/h11,14H,6-10H2,1-5H3. The summed E-state index contributed by atoms with van der Waals surface area (Å²) in [5.74, 6) is 0.699. The van der Waals surface area contributed by atoms with Gasteiger partial charge in [-0.25, -0.2) is 0 Å². The van der Waals surface area contributed by atoms with Gasteiger partial charge in [-0.2, -0.15) is 0 Å². The van der Waals surface area contributed by atoms with Crippen LogP contribution in [0.3, 0.4) is 0 Å². The Kier molecular flexibility index (Phi) is 6.38. The van der Waals surface area contributed by atoms with Gasteiger partial charge >= 0.3 is 0 Å². The van der Waals surface area contributed by atoms with Gasteiger partial charge < -0.3 is 10.0 Å². The van der Waals surface area contributed by atoms with Gasteiger partial charge in [-0.05, 0) is 19.4 Å². The third-order valence-corrected chi connectivity index (χ3v) is 2.56. The minimum atomic E-state index is 0.0817. The van der Waals surface area contributed by atoms with Crippen LogP contribution in [0.4, 0.5) is 0 Å². The van der Waals surface area contributed by atoms with E-state index in [4.69, 9.17) is 0 Å². The fourth-order valence-electron chi connectivity index (χ4n) is 2.15. The van der Waals surface area contributed by atoms with Gasteiger partial charge in [-0.3, -0.25) is 0 Å². The maximum atomic E-state index is 9.37. The van der Waals surface area contributed by atoms with Crippen molar-refractivity contribution in [3.63, 3.8) is 0 Å². The summed E-state index contributed by atoms with van der Waals surface area (Å²) >= 11 is 0. The molecule has 0 fully saturated rings. The van der Waals surface area contributed by atoms with E-state index < -0.39 is 0 Å². The van der Waals surface area contributed by atoms with E-state index in [9.17, 15) is 5.11 Å². The molecular weight excluding hydrogens is 174 g/mol. The fraction of sp³-hybridized carbons (Fsp3) is 1.00. The summed E-state index contributed by atoms with van der Waals surface area (Å²) in [5.41, 5.74) is 0.0817. The Morgan fingerprint density at radius 3 is 2.29 bits per heavy atom. The highest BCUT2D eigenvalue weighted by atomic mass is 16.3. The van der Waals surface area contributed by atoms with Crippen molar-refractivity contribution in [1.82, 2.24) is 4.90 Å². The molecule has 0 aromatic heterocycles. The number of aliphatic hydroxyl groups is 1. The Hall–Kier alpha value is -0.0800. The highest BCUT2D eigenvalue weighted by molar-refractivity contribution is 4.76. The molecule has 0 aliphatic heterocycles. The maximum absolute atomic E-state index is 9.37. The summed E-state index contributed by atoms with van der Waals surface area (Å²) in [7, 11) is 2.14. The molecule has 0 bridgehead atoms. The largest absolute Gasteiger partial charge is 0.396 e. The molecule has 86 valence electrons. The van der Waals surface area contributed by atoms with E-state index in [1.165, 1.54) is 0 Å². The number of nitrogens with zero attached hydrogens (tertiary/aromatic N) is 1. The summed E-state index contributed by atoms with van der Waals surface area (Å²) in [4.78, 5) is 2.33. The second kappa shape index (κ2) is 6.41. The molecule has 0 saturated heterocycles. The van der Waals surface area contributed by atoms with E-state index >= 15 is 0 Å². The quantitative estimate of drug-likeness (QED) is 0.683. The van der Waals surface area contributed by atoms with Crippen LogP contribution in [-0.4, -0.2) is 36.8 Å². The predicted octanol–water partition coefficient (Wildman–Crippen LogP) is 2.37. The zero-order valence-corrected chi connectivity index (χ0v) is 10.5. The number of aliphatic hydroxyl groups excluding tert-OH is 1. The van der Waals surface area contributed by atoms with Crippen molar-refractivity contribution in [2.45, 2.75) is 40.5 Å². The smallest absolute Gasteiger partial charge is 0.0497 e. The molecule has 1 N–H and O–H groups in total. The predicted molar refractivity (Wildman–Crippen MR) is 62.4 cm³/mol. The number of hydrogen-bond donors (Lipinski definition) is 1. The second-order valence-corrected chi connectivity index (χ2v) is 5.31. The Morgan fingerprint density at radius 1 is 1.36 bits per heavy atom. The van der Waals surface area contributed by atoms with E-state index in [-0.39, 0.29) is 5.41 Å². The van der Waals surface area contributed by atoms with Gasteiger partial charge in [0, 0.05) is 25.1 Å². The van der Waals surface area contributed by atoms with Crippen LogP contribution in [0.25, 0.3) is 0 Å². The molecule has 2 nitrogen and oxygen atoms in total. The summed E-state index contributed by atoms with van der Waals surface area (Å²) in [6.07, 6.45) is 2.25. The average molecular weight is 201 g/mol. The summed E-state index contributed by atoms with van der Waals surface area (Å²) in [5, 5.41) is 9.37. The van der Waals surface area contributed by atoms with Crippen LogP contribution in [0.15, 0.2) is 0 Å². The first kappa shape index (κ1) is 13.9. The van der Waals surface area contributed by atoms with E-state index in [1.54, 1.807) is 0 Å². The van der Waals surface area contributed by atoms with Gasteiger partial charge in [0.15, 0.2) is 0 Å². The molecule has 1 atom stereocenters. The maximum Gasteiger partial charge on any atom is 0.0497 e. The topological polar surface area (TPSA) is 23.5 Å². The highest BCUT2D eigenvalue weighted by Crippen LogP contribution is 2.23. The van der Waals surface area contributed by atoms with Crippen molar-refractivity contribution < 1.29 is 5.11 Å². The van der Waals surface area contributed by atoms with Crippen LogP contribution in [0.5, 0.6) is 0 Å². The van der Waals surface area contributed by atoms with Crippen LogP contribution >= 0.6 is 0 Å². The van der Waals surface area contributed by atoms with Crippen molar-refractivity contribution in [2.24, 2.45) is 11.3 Å². The lowest BCUT2D eigenvalue weighted by molar-refractivity contribution is 0.0861. The Morgan fingerprint density at radius 2 is 1.93 bits per heavy atom. The molecule has 14 heavy (non-hydrogen) atoms. The lowest BCUT2D eigenvalue weighted by Crippen LogP contribution is -2.37. The van der Waals surface area contributed by atoms with Crippen LogP contribution in [-0.2, 0) is 0 Å². The van der Waals surface area contributed by atoms with Crippen LogP contribution in [0.1, 0.15) is 40.5 Å². The molecule has 0 aliphatic rings. The van der Waals surface area contributed by atoms with Crippen molar-refractivity contribution in [3.8, 4) is 0 Å². The van der Waals surface area contributed by atoms with E-state index in [0.29, 0.717) is 12.5 Å². The van der Waals surface area contributed by atoms with Crippen LogP contribution in [0, 0.1) is 11.3 Å².